The van der Waals surface area contributed by atoms with Gasteiger partial charge in [0.1, 0.15) is 0 Å². The van der Waals surface area contributed by atoms with Crippen molar-refractivity contribution in [1.82, 2.24) is 5.32 Å². The summed E-state index contributed by atoms with van der Waals surface area (Å²) in [7, 11) is 0. The zero-order chi connectivity index (χ0) is 13.4. The van der Waals surface area contributed by atoms with Crippen molar-refractivity contribution in [2.75, 3.05) is 6.54 Å². The van der Waals surface area contributed by atoms with Crippen molar-refractivity contribution in [3.05, 3.63) is 47.5 Å². The van der Waals surface area contributed by atoms with Gasteiger partial charge in [0.25, 0.3) is 0 Å². The molecule has 1 aromatic carbocycles. The van der Waals surface area contributed by atoms with Crippen LogP contribution in [0.15, 0.2) is 41.4 Å². The molecule has 0 spiro atoms. The highest BCUT2D eigenvalue weighted by Gasteiger charge is 1.95. The van der Waals surface area contributed by atoms with Crippen LogP contribution >= 0.6 is 0 Å². The third-order valence-electron chi connectivity index (χ3n) is 2.82. The maximum atomic E-state index is 4.52. The molecule has 1 N–H and O–H groups in total. The Balaban J connectivity index is 2.37. The van der Waals surface area contributed by atoms with Crippen LogP contribution in [0, 0.1) is 6.92 Å². The maximum Gasteiger partial charge on any atom is 0.0938 e. The van der Waals surface area contributed by atoms with Crippen LogP contribution in [0.1, 0.15) is 37.8 Å². The highest BCUT2D eigenvalue weighted by atomic mass is 15.0. The second kappa shape index (κ2) is 7.70. The van der Waals surface area contributed by atoms with Gasteiger partial charge in [0.2, 0.25) is 0 Å². The summed E-state index contributed by atoms with van der Waals surface area (Å²) in [5, 5.41) is 3.30. The summed E-state index contributed by atoms with van der Waals surface area (Å²) in [6, 6.07) is 8.50. The smallest absolute Gasteiger partial charge is 0.0938 e. The van der Waals surface area contributed by atoms with Gasteiger partial charge in [-0.05, 0) is 25.8 Å². The van der Waals surface area contributed by atoms with E-state index in [1.165, 1.54) is 16.7 Å². The molecule has 0 saturated carbocycles. The van der Waals surface area contributed by atoms with Gasteiger partial charge < -0.3 is 5.32 Å². The van der Waals surface area contributed by atoms with Crippen molar-refractivity contribution in [1.29, 1.82) is 0 Å². The average molecular weight is 244 g/mol. The van der Waals surface area contributed by atoms with E-state index < -0.39 is 0 Å². The lowest BCUT2D eigenvalue weighted by Gasteiger charge is -2.07. The van der Waals surface area contributed by atoms with Gasteiger partial charge in [-0.3, -0.25) is 4.99 Å². The van der Waals surface area contributed by atoms with E-state index in [4.69, 9.17) is 0 Å². The molecule has 1 aromatic rings. The topological polar surface area (TPSA) is 24.4 Å². The second-order valence-electron chi connectivity index (χ2n) is 4.74. The van der Waals surface area contributed by atoms with E-state index in [0.717, 1.165) is 31.8 Å². The lowest BCUT2D eigenvalue weighted by atomic mass is 10.1. The number of amidine groups is 1. The molecule has 0 saturated heterocycles. The Morgan fingerprint density at radius 3 is 2.56 bits per heavy atom. The van der Waals surface area contributed by atoms with Gasteiger partial charge in [-0.25, -0.2) is 0 Å². The van der Waals surface area contributed by atoms with Crippen LogP contribution in [0.3, 0.4) is 0 Å². The standard InChI is InChI=1S/C16H24N2/c1-5-6-14(3)11-17-15(4)18-12-16-9-7-13(2)8-10-16/h7-10H,3,5-6,11-12H2,1-2,4H3,(H,17,18). The molecular formula is C16H24N2. The first-order valence-electron chi connectivity index (χ1n) is 6.59. The first-order chi connectivity index (χ1) is 8.61. The van der Waals surface area contributed by atoms with Crippen LogP contribution < -0.4 is 5.32 Å². The summed E-state index contributed by atoms with van der Waals surface area (Å²) < 4.78 is 0. The SMILES string of the molecule is C=C(CCC)CNC(C)=NCc1ccc(C)cc1. The van der Waals surface area contributed by atoms with Gasteiger partial charge in [-0.1, -0.05) is 55.3 Å². The van der Waals surface area contributed by atoms with Crippen LogP contribution in [-0.4, -0.2) is 12.4 Å². The van der Waals surface area contributed by atoms with E-state index in [1.807, 2.05) is 6.92 Å². The Hall–Kier alpha value is -1.57. The molecular weight excluding hydrogens is 220 g/mol. The van der Waals surface area contributed by atoms with Gasteiger partial charge in [-0.2, -0.15) is 0 Å². The third-order valence-corrected chi connectivity index (χ3v) is 2.82. The van der Waals surface area contributed by atoms with E-state index in [9.17, 15) is 0 Å². The molecule has 2 heteroatoms. The number of rotatable bonds is 6. The summed E-state index contributed by atoms with van der Waals surface area (Å²) in [5.41, 5.74) is 3.77. The Morgan fingerprint density at radius 1 is 1.28 bits per heavy atom. The molecule has 0 atom stereocenters. The summed E-state index contributed by atoms with van der Waals surface area (Å²) in [5.74, 6) is 0.979. The molecule has 0 radical (unpaired) electrons. The van der Waals surface area contributed by atoms with Crippen LogP contribution in [0.4, 0.5) is 0 Å². The molecule has 18 heavy (non-hydrogen) atoms. The number of aliphatic imine (C=N–C) groups is 1. The minimum atomic E-state index is 0.735. The zero-order valence-corrected chi connectivity index (χ0v) is 11.8. The quantitative estimate of drug-likeness (QED) is 0.458. The average Bonchev–Trinajstić information content (AvgIpc) is 2.36. The lowest BCUT2D eigenvalue weighted by Crippen LogP contribution is -2.22. The molecule has 2 nitrogen and oxygen atoms in total. The first kappa shape index (κ1) is 14.5. The Kier molecular flexibility index (Phi) is 6.20. The fourth-order valence-electron chi connectivity index (χ4n) is 1.65. The number of hydrogen-bond acceptors (Lipinski definition) is 1. The van der Waals surface area contributed by atoms with Gasteiger partial charge in [0, 0.05) is 6.54 Å². The molecule has 0 amide bonds. The fraction of sp³-hybridized carbons (Fsp3) is 0.438. The molecule has 0 bridgehead atoms. The first-order valence-corrected chi connectivity index (χ1v) is 6.59. The maximum absolute atomic E-state index is 4.52. The van der Waals surface area contributed by atoms with Crippen molar-refractivity contribution in [2.24, 2.45) is 4.99 Å². The molecule has 0 aromatic heterocycles. The van der Waals surface area contributed by atoms with E-state index in [-0.39, 0.29) is 0 Å². The van der Waals surface area contributed by atoms with E-state index in [0.29, 0.717) is 0 Å². The monoisotopic (exact) mass is 244 g/mol. The molecule has 0 heterocycles. The van der Waals surface area contributed by atoms with Crippen LogP contribution in [0.5, 0.6) is 0 Å². The predicted octanol–water partition coefficient (Wildman–Crippen LogP) is 3.86. The van der Waals surface area contributed by atoms with Crippen molar-refractivity contribution in [2.45, 2.75) is 40.2 Å². The number of benzene rings is 1. The summed E-state index contributed by atoms with van der Waals surface area (Å²) >= 11 is 0. The number of nitrogens with one attached hydrogen (secondary N) is 1. The number of nitrogens with zero attached hydrogens (tertiary/aromatic N) is 1. The van der Waals surface area contributed by atoms with Crippen LogP contribution in [0.25, 0.3) is 0 Å². The second-order valence-corrected chi connectivity index (χ2v) is 4.74. The van der Waals surface area contributed by atoms with Crippen LogP contribution in [-0.2, 0) is 6.54 Å². The predicted molar refractivity (Wildman–Crippen MR) is 80.0 cm³/mol. The summed E-state index contributed by atoms with van der Waals surface area (Å²) in [4.78, 5) is 4.52. The lowest BCUT2D eigenvalue weighted by molar-refractivity contribution is 0.839. The van der Waals surface area contributed by atoms with E-state index in [2.05, 4.69) is 55.0 Å². The van der Waals surface area contributed by atoms with Gasteiger partial charge >= 0.3 is 0 Å². The zero-order valence-electron chi connectivity index (χ0n) is 11.8. The molecule has 98 valence electrons. The number of aryl methyl sites for hydroxylation is 1. The minimum absolute atomic E-state index is 0.735. The van der Waals surface area contributed by atoms with Crippen molar-refractivity contribution in [3.8, 4) is 0 Å². The Morgan fingerprint density at radius 2 is 1.94 bits per heavy atom. The summed E-state index contributed by atoms with van der Waals surface area (Å²) in [6.07, 6.45) is 2.23. The Labute approximate surface area is 111 Å². The van der Waals surface area contributed by atoms with E-state index >= 15 is 0 Å². The van der Waals surface area contributed by atoms with E-state index in [1.54, 1.807) is 0 Å². The van der Waals surface area contributed by atoms with Gasteiger partial charge in [-0.15, -0.1) is 0 Å². The highest BCUT2D eigenvalue weighted by molar-refractivity contribution is 5.79. The minimum Gasteiger partial charge on any atom is -0.370 e. The molecule has 0 unspecified atom stereocenters. The van der Waals surface area contributed by atoms with Gasteiger partial charge in [0.05, 0.1) is 12.4 Å². The molecule has 1 rings (SSSR count). The largest absolute Gasteiger partial charge is 0.370 e. The molecule has 0 aliphatic carbocycles. The Bertz CT molecular complexity index is 402. The van der Waals surface area contributed by atoms with Gasteiger partial charge in [0.15, 0.2) is 0 Å². The van der Waals surface area contributed by atoms with Crippen LogP contribution in [0.2, 0.25) is 0 Å². The molecule has 0 fully saturated rings. The molecule has 0 aliphatic rings. The van der Waals surface area contributed by atoms with Crippen molar-refractivity contribution >= 4 is 5.84 Å². The molecule has 0 aliphatic heterocycles. The fourth-order valence-corrected chi connectivity index (χ4v) is 1.65. The number of hydrogen-bond donors (Lipinski definition) is 1. The van der Waals surface area contributed by atoms with Crippen molar-refractivity contribution < 1.29 is 0 Å². The normalized spacial score (nSPS) is 11.4. The summed E-state index contributed by atoms with van der Waals surface area (Å²) in [6.45, 7) is 11.9. The highest BCUT2D eigenvalue weighted by Crippen LogP contribution is 2.04. The third kappa shape index (κ3) is 5.67. The van der Waals surface area contributed by atoms with Crippen molar-refractivity contribution in [3.63, 3.8) is 0 Å².